The molecule has 3 N–H and O–H groups in total. The van der Waals surface area contributed by atoms with E-state index in [1.54, 1.807) is 6.08 Å². The molecule has 0 aromatic heterocycles. The monoisotopic (exact) mass is 129 g/mol. The molecule has 0 aliphatic carbocycles. The zero-order chi connectivity index (χ0) is 7.28. The van der Waals surface area contributed by atoms with Gasteiger partial charge in [-0.3, -0.25) is 4.79 Å². The first kappa shape index (κ1) is 8.17. The van der Waals surface area contributed by atoms with E-state index >= 15 is 0 Å². The summed E-state index contributed by atoms with van der Waals surface area (Å²) in [5.74, 6) is -0.947. The number of hydrogen-bond donors (Lipinski definition) is 2. The molecule has 0 rings (SSSR count). The number of aliphatic carboxylic acids is 1. The van der Waals surface area contributed by atoms with Gasteiger partial charge in [-0.1, -0.05) is 6.08 Å². The summed E-state index contributed by atoms with van der Waals surface area (Å²) < 4.78 is 0. The van der Waals surface area contributed by atoms with Crippen molar-refractivity contribution in [2.24, 2.45) is 5.73 Å². The number of carbonyl (C=O) groups is 1. The molecule has 0 radical (unpaired) electrons. The minimum absolute atomic E-state index is 0.471. The zero-order valence-electron chi connectivity index (χ0n) is 5.21. The van der Waals surface area contributed by atoms with Gasteiger partial charge in [-0.15, -0.1) is 6.58 Å². The zero-order valence-corrected chi connectivity index (χ0v) is 5.21. The molecule has 1 atom stereocenters. The molecular formula is C6H11NO2. The van der Waals surface area contributed by atoms with E-state index in [1.807, 2.05) is 0 Å². The van der Waals surface area contributed by atoms with Gasteiger partial charge < -0.3 is 10.8 Å². The number of carboxylic acid groups (broad SMARTS) is 1. The van der Waals surface area contributed by atoms with Gasteiger partial charge in [0.15, 0.2) is 0 Å². The third-order valence-electron chi connectivity index (χ3n) is 0.999. The van der Waals surface area contributed by atoms with Crippen LogP contribution in [0.3, 0.4) is 0 Å². The first-order valence-electron chi connectivity index (χ1n) is 2.77. The number of nitrogens with two attached hydrogens (primary N) is 1. The first-order chi connectivity index (χ1) is 4.18. The number of rotatable bonds is 4. The molecule has 0 saturated carbocycles. The molecule has 0 amide bonds. The largest absolute Gasteiger partial charge is 0.480 e. The van der Waals surface area contributed by atoms with E-state index in [0.29, 0.717) is 12.8 Å². The molecule has 0 unspecified atom stereocenters. The highest BCUT2D eigenvalue weighted by molar-refractivity contribution is 5.72. The van der Waals surface area contributed by atoms with Crippen molar-refractivity contribution in [1.82, 2.24) is 0 Å². The standard InChI is InChI=1S/C6H11NO2/c1-2-3-4-5(7)6(8)9/h2,5H,1,3-4,7H2,(H,8,9)/t5-/m1/s1. The smallest absolute Gasteiger partial charge is 0.320 e. The third kappa shape index (κ3) is 3.73. The molecule has 9 heavy (non-hydrogen) atoms. The summed E-state index contributed by atoms with van der Waals surface area (Å²) in [7, 11) is 0. The minimum atomic E-state index is -0.947. The highest BCUT2D eigenvalue weighted by Crippen LogP contribution is 1.93. The summed E-state index contributed by atoms with van der Waals surface area (Å²) in [5, 5.41) is 8.25. The Kier molecular flexibility index (Phi) is 3.71. The summed E-state index contributed by atoms with van der Waals surface area (Å²) in [6, 6.07) is -0.733. The van der Waals surface area contributed by atoms with Gasteiger partial charge in [0.1, 0.15) is 6.04 Å². The van der Waals surface area contributed by atoms with Crippen LogP contribution in [0.5, 0.6) is 0 Å². The summed E-state index contributed by atoms with van der Waals surface area (Å²) in [6.07, 6.45) is 2.79. The molecule has 0 aromatic rings. The van der Waals surface area contributed by atoms with Crippen molar-refractivity contribution in [2.45, 2.75) is 18.9 Å². The molecule has 0 saturated heterocycles. The van der Waals surface area contributed by atoms with E-state index < -0.39 is 12.0 Å². The van der Waals surface area contributed by atoms with Crippen LogP contribution in [0, 0.1) is 0 Å². The van der Waals surface area contributed by atoms with E-state index in [-0.39, 0.29) is 0 Å². The fraction of sp³-hybridized carbons (Fsp3) is 0.500. The third-order valence-corrected chi connectivity index (χ3v) is 0.999. The molecule has 0 spiro atoms. The van der Waals surface area contributed by atoms with Gasteiger partial charge in [0.05, 0.1) is 0 Å². The number of carboxylic acids is 1. The molecule has 0 fully saturated rings. The molecule has 0 bridgehead atoms. The van der Waals surface area contributed by atoms with Gasteiger partial charge >= 0.3 is 5.97 Å². The molecule has 0 aromatic carbocycles. The van der Waals surface area contributed by atoms with Crippen molar-refractivity contribution in [3.63, 3.8) is 0 Å². The van der Waals surface area contributed by atoms with Gasteiger partial charge in [-0.25, -0.2) is 0 Å². The van der Waals surface area contributed by atoms with Crippen molar-refractivity contribution in [3.8, 4) is 0 Å². The Hall–Kier alpha value is -0.830. The van der Waals surface area contributed by atoms with Gasteiger partial charge in [-0.05, 0) is 12.8 Å². The van der Waals surface area contributed by atoms with Crippen LogP contribution in [0.15, 0.2) is 12.7 Å². The molecule has 52 valence electrons. The van der Waals surface area contributed by atoms with Crippen molar-refractivity contribution in [1.29, 1.82) is 0 Å². The predicted octanol–water partition coefficient (Wildman–Crippen LogP) is 0.365. The minimum Gasteiger partial charge on any atom is -0.480 e. The van der Waals surface area contributed by atoms with E-state index in [2.05, 4.69) is 6.58 Å². The van der Waals surface area contributed by atoms with Crippen LogP contribution < -0.4 is 5.73 Å². The van der Waals surface area contributed by atoms with Gasteiger partial charge in [0.25, 0.3) is 0 Å². The fourth-order valence-corrected chi connectivity index (χ4v) is 0.421. The summed E-state index contributed by atoms with van der Waals surface area (Å²) in [5.41, 5.74) is 5.16. The maximum Gasteiger partial charge on any atom is 0.320 e. The van der Waals surface area contributed by atoms with Crippen molar-refractivity contribution in [2.75, 3.05) is 0 Å². The van der Waals surface area contributed by atoms with Crippen molar-refractivity contribution in [3.05, 3.63) is 12.7 Å². The Labute approximate surface area is 54.2 Å². The molecule has 0 aliphatic rings. The second-order valence-electron chi connectivity index (χ2n) is 1.81. The maximum atomic E-state index is 10.0. The second kappa shape index (κ2) is 4.09. The average Bonchev–Trinajstić information content (AvgIpc) is 1.82. The quantitative estimate of drug-likeness (QED) is 0.539. The lowest BCUT2D eigenvalue weighted by molar-refractivity contribution is -0.138. The predicted molar refractivity (Wildman–Crippen MR) is 35.0 cm³/mol. The van der Waals surface area contributed by atoms with Gasteiger partial charge in [-0.2, -0.15) is 0 Å². The highest BCUT2D eigenvalue weighted by atomic mass is 16.4. The summed E-state index contributed by atoms with van der Waals surface area (Å²) >= 11 is 0. The van der Waals surface area contributed by atoms with Crippen LogP contribution in [0.25, 0.3) is 0 Å². The summed E-state index contributed by atoms with van der Waals surface area (Å²) in [6.45, 7) is 3.44. The van der Waals surface area contributed by atoms with E-state index in [9.17, 15) is 4.79 Å². The molecule has 0 heterocycles. The lowest BCUT2D eigenvalue weighted by Crippen LogP contribution is -2.29. The van der Waals surface area contributed by atoms with E-state index in [0.717, 1.165) is 0 Å². The average molecular weight is 129 g/mol. The Morgan fingerprint density at radius 2 is 2.44 bits per heavy atom. The van der Waals surface area contributed by atoms with Crippen LogP contribution in [0.4, 0.5) is 0 Å². The van der Waals surface area contributed by atoms with Gasteiger partial charge in [0, 0.05) is 0 Å². The normalized spacial score (nSPS) is 12.6. The topological polar surface area (TPSA) is 63.3 Å². The molecule has 3 heteroatoms. The van der Waals surface area contributed by atoms with Crippen molar-refractivity contribution >= 4 is 5.97 Å². The Morgan fingerprint density at radius 3 is 2.78 bits per heavy atom. The Bertz CT molecular complexity index is 112. The van der Waals surface area contributed by atoms with Crippen LogP contribution in [0.1, 0.15) is 12.8 Å². The van der Waals surface area contributed by atoms with Crippen LogP contribution >= 0.6 is 0 Å². The number of hydrogen-bond acceptors (Lipinski definition) is 2. The Balaban J connectivity index is 3.37. The first-order valence-corrected chi connectivity index (χ1v) is 2.77. The molecule has 3 nitrogen and oxygen atoms in total. The maximum absolute atomic E-state index is 10.0. The summed E-state index contributed by atoms with van der Waals surface area (Å²) in [4.78, 5) is 10.0. The number of allylic oxidation sites excluding steroid dienone is 1. The molecular weight excluding hydrogens is 118 g/mol. The lowest BCUT2D eigenvalue weighted by Gasteiger charge is -2.01. The Morgan fingerprint density at radius 1 is 1.89 bits per heavy atom. The fourth-order valence-electron chi connectivity index (χ4n) is 0.421. The van der Waals surface area contributed by atoms with E-state index in [1.165, 1.54) is 0 Å². The molecule has 0 aliphatic heterocycles. The second-order valence-corrected chi connectivity index (χ2v) is 1.81. The SMILES string of the molecule is C=CCC[C@@H](N)C(=O)O. The van der Waals surface area contributed by atoms with Crippen molar-refractivity contribution < 1.29 is 9.90 Å². The van der Waals surface area contributed by atoms with Crippen LogP contribution in [0.2, 0.25) is 0 Å². The highest BCUT2D eigenvalue weighted by Gasteiger charge is 2.08. The van der Waals surface area contributed by atoms with E-state index in [4.69, 9.17) is 10.8 Å². The lowest BCUT2D eigenvalue weighted by atomic mass is 10.2. The van der Waals surface area contributed by atoms with Crippen LogP contribution in [-0.2, 0) is 4.79 Å². The van der Waals surface area contributed by atoms with Crippen LogP contribution in [-0.4, -0.2) is 17.1 Å². The van der Waals surface area contributed by atoms with Gasteiger partial charge in [0.2, 0.25) is 0 Å².